The molecule has 3 rings (SSSR count). The van der Waals surface area contributed by atoms with Crippen molar-refractivity contribution in [2.45, 2.75) is 23.4 Å². The molecule has 24 heavy (non-hydrogen) atoms. The standard InChI is InChI=1S/C13H12ClN3O4S3/c1-5-15-8(4-22-5)23-3-7(18)16-9-11(19)17-10(13(20)21)6(14)2-24-12(9)17/h4,9,12H,2-3H2,1H3,(H,16,18)(H,20,21)/t9-,12-/m1/s1. The molecule has 2 atom stereocenters. The zero-order valence-corrected chi connectivity index (χ0v) is 15.5. The van der Waals surface area contributed by atoms with E-state index in [0.29, 0.717) is 5.75 Å². The van der Waals surface area contributed by atoms with Crippen LogP contribution in [-0.4, -0.2) is 55.7 Å². The Bertz CT molecular complexity index is 751. The summed E-state index contributed by atoms with van der Waals surface area (Å²) in [6, 6.07) is -0.723. The van der Waals surface area contributed by atoms with Crippen molar-refractivity contribution in [1.29, 1.82) is 0 Å². The van der Waals surface area contributed by atoms with Gasteiger partial charge in [-0.15, -0.1) is 23.1 Å². The van der Waals surface area contributed by atoms with E-state index in [2.05, 4.69) is 10.3 Å². The van der Waals surface area contributed by atoms with Crippen molar-refractivity contribution in [3.63, 3.8) is 0 Å². The van der Waals surface area contributed by atoms with Crippen LogP contribution < -0.4 is 5.32 Å². The van der Waals surface area contributed by atoms with E-state index in [9.17, 15) is 19.5 Å². The van der Waals surface area contributed by atoms with Gasteiger partial charge in [-0.1, -0.05) is 23.4 Å². The van der Waals surface area contributed by atoms with Crippen LogP contribution in [0.4, 0.5) is 0 Å². The number of carbonyl (C=O) groups excluding carboxylic acids is 2. The third-order valence-corrected chi connectivity index (χ3v) is 6.98. The van der Waals surface area contributed by atoms with Crippen molar-refractivity contribution in [2.75, 3.05) is 11.5 Å². The third-order valence-electron chi connectivity index (χ3n) is 3.39. The molecule has 1 aromatic rings. The summed E-state index contributed by atoms with van der Waals surface area (Å²) in [5, 5.41) is 15.1. The molecular formula is C13H12ClN3O4S3. The number of nitrogens with one attached hydrogen (secondary N) is 1. The molecule has 2 amide bonds. The molecule has 128 valence electrons. The maximum atomic E-state index is 12.2. The number of carboxylic acid groups (broad SMARTS) is 1. The number of β-lactam (4-membered cyclic amide) rings is 1. The molecule has 0 bridgehead atoms. The van der Waals surface area contributed by atoms with Gasteiger partial charge in [0, 0.05) is 11.1 Å². The van der Waals surface area contributed by atoms with E-state index in [1.165, 1.54) is 34.9 Å². The Morgan fingerprint density at radius 3 is 2.96 bits per heavy atom. The molecule has 0 unspecified atom stereocenters. The predicted molar refractivity (Wildman–Crippen MR) is 93.1 cm³/mol. The fourth-order valence-electron chi connectivity index (χ4n) is 2.35. The highest BCUT2D eigenvalue weighted by Crippen LogP contribution is 2.41. The third kappa shape index (κ3) is 3.28. The molecular weight excluding hydrogens is 394 g/mol. The van der Waals surface area contributed by atoms with Crippen LogP contribution in [0.2, 0.25) is 0 Å². The van der Waals surface area contributed by atoms with Gasteiger partial charge in [0.05, 0.1) is 15.8 Å². The number of rotatable bonds is 5. The molecule has 0 spiro atoms. The van der Waals surface area contributed by atoms with Crippen molar-refractivity contribution in [3.05, 3.63) is 21.1 Å². The van der Waals surface area contributed by atoms with Crippen LogP contribution >= 0.6 is 46.5 Å². The first-order valence-corrected chi connectivity index (χ1v) is 10.1. The van der Waals surface area contributed by atoms with Gasteiger partial charge in [0.15, 0.2) is 0 Å². The molecule has 11 heteroatoms. The number of halogens is 1. The maximum absolute atomic E-state index is 12.2. The molecule has 0 aromatic carbocycles. The topological polar surface area (TPSA) is 99.6 Å². The Labute approximate surface area is 154 Å². The largest absolute Gasteiger partial charge is 0.477 e. The summed E-state index contributed by atoms with van der Waals surface area (Å²) in [6.45, 7) is 1.88. The second-order valence-corrected chi connectivity index (χ2v) is 8.63. The van der Waals surface area contributed by atoms with E-state index >= 15 is 0 Å². The normalized spacial score (nSPS) is 22.9. The molecule has 1 saturated heterocycles. The summed E-state index contributed by atoms with van der Waals surface area (Å²) in [5.74, 6) is -1.53. The lowest BCUT2D eigenvalue weighted by molar-refractivity contribution is -0.150. The number of amides is 2. The maximum Gasteiger partial charge on any atom is 0.353 e. The number of aromatic nitrogens is 1. The zero-order valence-electron chi connectivity index (χ0n) is 12.3. The minimum atomic E-state index is -1.24. The molecule has 7 nitrogen and oxygen atoms in total. The van der Waals surface area contributed by atoms with Crippen LogP contribution in [-0.2, 0) is 14.4 Å². The van der Waals surface area contributed by atoms with Gasteiger partial charge in [-0.05, 0) is 6.92 Å². The van der Waals surface area contributed by atoms with Gasteiger partial charge in [0.1, 0.15) is 22.1 Å². The molecule has 0 aliphatic carbocycles. The highest BCUT2D eigenvalue weighted by Gasteiger charge is 2.54. The first-order valence-electron chi connectivity index (χ1n) is 6.79. The van der Waals surface area contributed by atoms with Crippen LogP contribution in [0.3, 0.4) is 0 Å². The number of fused-ring (bicyclic) bond motifs is 1. The predicted octanol–water partition coefficient (Wildman–Crippen LogP) is 1.48. The van der Waals surface area contributed by atoms with E-state index in [-0.39, 0.29) is 22.4 Å². The van der Waals surface area contributed by atoms with Gasteiger partial charge in [-0.3, -0.25) is 14.5 Å². The molecule has 1 fully saturated rings. The smallest absolute Gasteiger partial charge is 0.353 e. The highest BCUT2D eigenvalue weighted by atomic mass is 35.5. The van der Waals surface area contributed by atoms with E-state index in [4.69, 9.17) is 11.6 Å². The van der Waals surface area contributed by atoms with Gasteiger partial charge in [0.2, 0.25) is 5.91 Å². The summed E-state index contributed by atoms with van der Waals surface area (Å²) in [7, 11) is 0. The summed E-state index contributed by atoms with van der Waals surface area (Å²) in [4.78, 5) is 40.9. The molecule has 0 radical (unpaired) electrons. The molecule has 2 N–H and O–H groups in total. The molecule has 2 aliphatic rings. The summed E-state index contributed by atoms with van der Waals surface area (Å²) < 4.78 is 0. The Balaban J connectivity index is 1.59. The number of hydrogen-bond acceptors (Lipinski definition) is 7. The van der Waals surface area contributed by atoms with Crippen molar-refractivity contribution < 1.29 is 19.5 Å². The SMILES string of the molecule is Cc1nc(SCC(=O)N[C@@H]2C(=O)N3C(C(=O)O)=C(Cl)CS[C@H]23)cs1. The Kier molecular flexibility index (Phi) is 5.09. The monoisotopic (exact) mass is 405 g/mol. The van der Waals surface area contributed by atoms with E-state index < -0.39 is 23.3 Å². The first kappa shape index (κ1) is 17.6. The van der Waals surface area contributed by atoms with Crippen molar-refractivity contribution in [2.24, 2.45) is 0 Å². The number of carboxylic acids is 1. The van der Waals surface area contributed by atoms with Crippen molar-refractivity contribution >= 4 is 64.2 Å². The van der Waals surface area contributed by atoms with Gasteiger partial charge < -0.3 is 10.4 Å². The van der Waals surface area contributed by atoms with Crippen molar-refractivity contribution in [3.8, 4) is 0 Å². The number of thioether (sulfide) groups is 2. The second-order valence-electron chi connectivity index (χ2n) is 5.01. The van der Waals surface area contributed by atoms with Gasteiger partial charge in [0.25, 0.3) is 5.91 Å². The van der Waals surface area contributed by atoms with Gasteiger partial charge >= 0.3 is 5.97 Å². The van der Waals surface area contributed by atoms with E-state index in [0.717, 1.165) is 14.9 Å². The second kappa shape index (κ2) is 6.95. The molecule has 2 aliphatic heterocycles. The molecule has 0 saturated carbocycles. The fraction of sp³-hybridized carbons (Fsp3) is 0.385. The van der Waals surface area contributed by atoms with Crippen LogP contribution in [0, 0.1) is 6.92 Å². The van der Waals surface area contributed by atoms with Crippen LogP contribution in [0.1, 0.15) is 5.01 Å². The van der Waals surface area contributed by atoms with Gasteiger partial charge in [-0.2, -0.15) is 0 Å². The summed E-state index contributed by atoms with van der Waals surface area (Å²) >= 11 is 10.0. The zero-order chi connectivity index (χ0) is 17.4. The van der Waals surface area contributed by atoms with Crippen LogP contribution in [0.15, 0.2) is 21.1 Å². The quantitative estimate of drug-likeness (QED) is 0.565. The number of aryl methyl sites for hydroxylation is 1. The Morgan fingerprint density at radius 2 is 2.33 bits per heavy atom. The highest BCUT2D eigenvalue weighted by molar-refractivity contribution is 8.00. The summed E-state index contributed by atoms with van der Waals surface area (Å²) in [6.07, 6.45) is 0. The number of hydrogen-bond donors (Lipinski definition) is 2. The number of nitrogens with zero attached hydrogens (tertiary/aromatic N) is 2. The van der Waals surface area contributed by atoms with Crippen LogP contribution in [0.5, 0.6) is 0 Å². The van der Waals surface area contributed by atoms with E-state index in [1.807, 2.05) is 12.3 Å². The van der Waals surface area contributed by atoms with Gasteiger partial charge in [-0.25, -0.2) is 9.78 Å². The van der Waals surface area contributed by atoms with Crippen molar-refractivity contribution in [1.82, 2.24) is 15.2 Å². The number of aliphatic carboxylic acids is 1. The fourth-order valence-corrected chi connectivity index (χ4v) is 5.41. The first-order chi connectivity index (χ1) is 11.4. The Morgan fingerprint density at radius 1 is 1.58 bits per heavy atom. The molecule has 3 heterocycles. The Hall–Kier alpha value is -1.23. The summed E-state index contributed by atoms with van der Waals surface area (Å²) in [5.41, 5.74) is -0.191. The van der Waals surface area contributed by atoms with E-state index in [1.54, 1.807) is 0 Å². The van der Waals surface area contributed by atoms with Crippen LogP contribution in [0.25, 0.3) is 0 Å². The average Bonchev–Trinajstić information content (AvgIpc) is 2.95. The lowest BCUT2D eigenvalue weighted by Gasteiger charge is -2.48. The lowest BCUT2D eigenvalue weighted by atomic mass is 10.1. The number of thiazole rings is 1. The minimum absolute atomic E-state index is 0.135. The minimum Gasteiger partial charge on any atom is -0.477 e. The number of carbonyl (C=O) groups is 3. The average molecular weight is 406 g/mol. The molecule has 1 aromatic heterocycles. The lowest BCUT2D eigenvalue weighted by Crippen LogP contribution is -2.70.